The molecule has 0 saturated carbocycles. The van der Waals surface area contributed by atoms with Crippen LogP contribution in [0.15, 0.2) is 35.5 Å². The van der Waals surface area contributed by atoms with E-state index in [1.807, 2.05) is 19.2 Å². The van der Waals surface area contributed by atoms with Gasteiger partial charge in [0, 0.05) is 37.6 Å². The summed E-state index contributed by atoms with van der Waals surface area (Å²) in [5, 5.41) is 5.77. The predicted octanol–water partition coefficient (Wildman–Crippen LogP) is 2.30. The van der Waals surface area contributed by atoms with Gasteiger partial charge in [-0.1, -0.05) is 12.1 Å². The summed E-state index contributed by atoms with van der Waals surface area (Å²) < 4.78 is 0. The van der Waals surface area contributed by atoms with E-state index in [0.717, 1.165) is 55.5 Å². The van der Waals surface area contributed by atoms with Crippen molar-refractivity contribution in [1.82, 2.24) is 10.2 Å². The van der Waals surface area contributed by atoms with Crippen LogP contribution in [0.25, 0.3) is 0 Å². The van der Waals surface area contributed by atoms with Crippen molar-refractivity contribution in [2.45, 2.75) is 32.1 Å². The number of hydrogen-bond acceptors (Lipinski definition) is 3. The summed E-state index contributed by atoms with van der Waals surface area (Å²) in [7, 11) is 3.52. The first-order chi connectivity index (χ1) is 11.2. The van der Waals surface area contributed by atoms with Gasteiger partial charge >= 0.3 is 0 Å². The Morgan fingerprint density at radius 3 is 2.48 bits per heavy atom. The molecule has 0 fully saturated rings. The molecular formula is C18H25N3O2. The maximum Gasteiger partial charge on any atom is 0.248 e. The van der Waals surface area contributed by atoms with E-state index in [-0.39, 0.29) is 5.91 Å². The highest BCUT2D eigenvalue weighted by atomic mass is 16.2. The number of anilines is 1. The van der Waals surface area contributed by atoms with Crippen molar-refractivity contribution in [1.29, 1.82) is 0 Å². The average Bonchev–Trinajstić information content (AvgIpc) is 2.62. The number of nitrogens with one attached hydrogen (secondary N) is 2. The van der Waals surface area contributed by atoms with Crippen LogP contribution < -0.4 is 10.6 Å². The van der Waals surface area contributed by atoms with Crippen LogP contribution in [0.2, 0.25) is 0 Å². The van der Waals surface area contributed by atoms with Crippen LogP contribution in [-0.4, -0.2) is 37.9 Å². The second-order valence-electron chi connectivity index (χ2n) is 5.71. The third kappa shape index (κ3) is 4.34. The summed E-state index contributed by atoms with van der Waals surface area (Å²) in [5.74, 6) is -0.0649. The van der Waals surface area contributed by atoms with Gasteiger partial charge in [-0.15, -0.1) is 0 Å². The number of carbonyl (C=O) groups is 2. The molecule has 1 aliphatic carbocycles. The second kappa shape index (κ2) is 8.36. The van der Waals surface area contributed by atoms with Gasteiger partial charge in [-0.2, -0.15) is 0 Å². The fraction of sp³-hybridized carbons (Fsp3) is 0.444. The Morgan fingerprint density at radius 1 is 1.17 bits per heavy atom. The van der Waals surface area contributed by atoms with Crippen molar-refractivity contribution >= 4 is 18.0 Å². The zero-order valence-corrected chi connectivity index (χ0v) is 13.9. The molecule has 1 aromatic rings. The number of amides is 2. The largest absolute Gasteiger partial charge is 0.388 e. The standard InChI is InChI=1S/C18H25N3O2/c1-19-15-9-7-14(8-10-15)11-12-21(13-22)17-6-4-3-5-16(17)18(23)20-2/h7-10,13,19H,3-6,11-12H2,1-2H3,(H,20,23). The molecule has 0 aliphatic heterocycles. The first kappa shape index (κ1) is 17.1. The molecule has 0 bridgehead atoms. The molecule has 124 valence electrons. The Kier molecular flexibility index (Phi) is 6.20. The van der Waals surface area contributed by atoms with E-state index in [2.05, 4.69) is 22.8 Å². The van der Waals surface area contributed by atoms with Crippen molar-refractivity contribution in [2.75, 3.05) is 26.0 Å². The Morgan fingerprint density at radius 2 is 1.87 bits per heavy atom. The summed E-state index contributed by atoms with van der Waals surface area (Å²) >= 11 is 0. The van der Waals surface area contributed by atoms with E-state index in [0.29, 0.717) is 6.54 Å². The lowest BCUT2D eigenvalue weighted by Crippen LogP contribution is -2.31. The molecule has 23 heavy (non-hydrogen) atoms. The predicted molar refractivity (Wildman–Crippen MR) is 92.0 cm³/mol. The SMILES string of the molecule is CNC(=O)C1=C(N(C=O)CCc2ccc(NC)cc2)CCCC1. The van der Waals surface area contributed by atoms with E-state index in [1.54, 1.807) is 11.9 Å². The smallest absolute Gasteiger partial charge is 0.248 e. The summed E-state index contributed by atoms with van der Waals surface area (Å²) in [6.45, 7) is 0.595. The van der Waals surface area contributed by atoms with Crippen LogP contribution in [0.1, 0.15) is 31.2 Å². The van der Waals surface area contributed by atoms with Crippen LogP contribution in [0.5, 0.6) is 0 Å². The Labute approximate surface area is 137 Å². The van der Waals surface area contributed by atoms with Crippen molar-refractivity contribution in [3.8, 4) is 0 Å². The highest BCUT2D eigenvalue weighted by Gasteiger charge is 2.22. The Bertz CT molecular complexity index is 578. The van der Waals surface area contributed by atoms with Crippen molar-refractivity contribution in [2.24, 2.45) is 0 Å². The third-order valence-corrected chi connectivity index (χ3v) is 4.30. The number of likely N-dealkylation sites (N-methyl/N-ethyl adjacent to an activating group) is 1. The molecule has 0 aromatic heterocycles. The summed E-state index contributed by atoms with van der Waals surface area (Å²) in [5.41, 5.74) is 3.89. The molecule has 0 heterocycles. The normalized spacial score (nSPS) is 14.3. The van der Waals surface area contributed by atoms with Crippen LogP contribution in [-0.2, 0) is 16.0 Å². The molecule has 2 N–H and O–H groups in total. The summed E-state index contributed by atoms with van der Waals surface area (Å²) in [6, 6.07) is 8.17. The number of nitrogens with zero attached hydrogens (tertiary/aromatic N) is 1. The van der Waals surface area contributed by atoms with Crippen LogP contribution in [0.4, 0.5) is 5.69 Å². The molecule has 1 aliphatic rings. The van der Waals surface area contributed by atoms with E-state index < -0.39 is 0 Å². The van der Waals surface area contributed by atoms with Crippen molar-refractivity contribution in [3.63, 3.8) is 0 Å². The highest BCUT2D eigenvalue weighted by molar-refractivity contribution is 5.94. The monoisotopic (exact) mass is 315 g/mol. The minimum Gasteiger partial charge on any atom is -0.388 e. The Hall–Kier alpha value is -2.30. The maximum absolute atomic E-state index is 12.0. The van der Waals surface area contributed by atoms with E-state index in [1.165, 1.54) is 5.56 Å². The highest BCUT2D eigenvalue weighted by Crippen LogP contribution is 2.27. The van der Waals surface area contributed by atoms with Crippen LogP contribution in [0, 0.1) is 0 Å². The number of benzene rings is 1. The van der Waals surface area contributed by atoms with Gasteiger partial charge in [0.15, 0.2) is 0 Å². The van der Waals surface area contributed by atoms with Gasteiger partial charge in [0.25, 0.3) is 0 Å². The van der Waals surface area contributed by atoms with Gasteiger partial charge in [0.1, 0.15) is 0 Å². The zero-order valence-electron chi connectivity index (χ0n) is 13.9. The number of carbonyl (C=O) groups excluding carboxylic acids is 2. The molecule has 2 rings (SSSR count). The van der Waals surface area contributed by atoms with E-state index in [4.69, 9.17) is 0 Å². The minimum atomic E-state index is -0.0649. The topological polar surface area (TPSA) is 61.4 Å². The Balaban J connectivity index is 2.09. The molecular weight excluding hydrogens is 290 g/mol. The first-order valence-corrected chi connectivity index (χ1v) is 8.12. The molecule has 1 aromatic carbocycles. The van der Waals surface area contributed by atoms with Gasteiger partial charge in [0.05, 0.1) is 0 Å². The molecule has 0 radical (unpaired) electrons. The minimum absolute atomic E-state index is 0.0649. The van der Waals surface area contributed by atoms with Gasteiger partial charge in [-0.25, -0.2) is 0 Å². The average molecular weight is 315 g/mol. The summed E-state index contributed by atoms with van der Waals surface area (Å²) in [4.78, 5) is 25.3. The van der Waals surface area contributed by atoms with E-state index >= 15 is 0 Å². The van der Waals surface area contributed by atoms with Gasteiger partial charge in [0.2, 0.25) is 12.3 Å². The fourth-order valence-corrected chi connectivity index (χ4v) is 2.94. The van der Waals surface area contributed by atoms with Gasteiger partial charge < -0.3 is 15.5 Å². The maximum atomic E-state index is 12.0. The first-order valence-electron chi connectivity index (χ1n) is 8.12. The van der Waals surface area contributed by atoms with Gasteiger partial charge in [-0.3, -0.25) is 9.59 Å². The number of allylic oxidation sites excluding steroid dienone is 1. The molecule has 5 nitrogen and oxygen atoms in total. The fourth-order valence-electron chi connectivity index (χ4n) is 2.94. The van der Waals surface area contributed by atoms with Gasteiger partial charge in [-0.05, 0) is 49.8 Å². The number of hydrogen-bond donors (Lipinski definition) is 2. The number of rotatable bonds is 7. The molecule has 2 amide bonds. The molecule has 0 spiro atoms. The lowest BCUT2D eigenvalue weighted by Gasteiger charge is -2.27. The van der Waals surface area contributed by atoms with E-state index in [9.17, 15) is 9.59 Å². The molecule has 5 heteroatoms. The molecule has 0 saturated heterocycles. The van der Waals surface area contributed by atoms with Crippen molar-refractivity contribution < 1.29 is 9.59 Å². The molecule has 0 unspecified atom stereocenters. The second-order valence-corrected chi connectivity index (χ2v) is 5.71. The van der Waals surface area contributed by atoms with Crippen LogP contribution in [0.3, 0.4) is 0 Å². The quantitative estimate of drug-likeness (QED) is 0.759. The van der Waals surface area contributed by atoms with Crippen LogP contribution >= 0.6 is 0 Å². The summed E-state index contributed by atoms with van der Waals surface area (Å²) in [6.07, 6.45) is 5.19. The molecule has 0 atom stereocenters. The lowest BCUT2D eigenvalue weighted by atomic mass is 9.94. The third-order valence-electron chi connectivity index (χ3n) is 4.30. The van der Waals surface area contributed by atoms with Crippen molar-refractivity contribution in [3.05, 3.63) is 41.1 Å². The zero-order chi connectivity index (χ0) is 16.7. The lowest BCUT2D eigenvalue weighted by molar-refractivity contribution is -0.118.